The van der Waals surface area contributed by atoms with Gasteiger partial charge in [-0.05, 0) is 24.4 Å². The molecule has 4 nitrogen and oxygen atoms in total. The first-order valence-electron chi connectivity index (χ1n) is 6.32. The minimum absolute atomic E-state index is 0.0433. The minimum Gasteiger partial charge on any atom is -0.394 e. The second-order valence-electron chi connectivity index (χ2n) is 4.59. The molecule has 0 saturated carbocycles. The standard InChI is InChI=1S/C14H22N2O2/c1-11(9-15)7-8-14(18)16-13(10-17)12-5-3-2-4-6-12/h2-6,11,13,17H,7-10,15H2,1H3,(H,16,18). The van der Waals surface area contributed by atoms with Crippen molar-refractivity contribution in [3.8, 4) is 0 Å². The Morgan fingerprint density at radius 2 is 2.06 bits per heavy atom. The Morgan fingerprint density at radius 3 is 2.61 bits per heavy atom. The van der Waals surface area contributed by atoms with E-state index in [1.165, 1.54) is 0 Å². The van der Waals surface area contributed by atoms with E-state index in [2.05, 4.69) is 5.32 Å². The average molecular weight is 250 g/mol. The molecular formula is C14H22N2O2. The highest BCUT2D eigenvalue weighted by Crippen LogP contribution is 2.12. The molecule has 4 N–H and O–H groups in total. The predicted octanol–water partition coefficient (Wildman–Crippen LogP) is 1.21. The predicted molar refractivity (Wildman–Crippen MR) is 71.9 cm³/mol. The molecule has 0 bridgehead atoms. The number of rotatable bonds is 7. The minimum atomic E-state index is -0.327. The van der Waals surface area contributed by atoms with Crippen LogP contribution >= 0.6 is 0 Å². The lowest BCUT2D eigenvalue weighted by atomic mass is 10.0. The van der Waals surface area contributed by atoms with E-state index in [-0.39, 0.29) is 18.6 Å². The van der Waals surface area contributed by atoms with Gasteiger partial charge in [0.15, 0.2) is 0 Å². The molecule has 0 aromatic heterocycles. The van der Waals surface area contributed by atoms with Crippen molar-refractivity contribution in [2.24, 2.45) is 11.7 Å². The molecule has 0 spiro atoms. The maximum absolute atomic E-state index is 11.7. The fourth-order valence-electron chi connectivity index (χ4n) is 1.68. The SMILES string of the molecule is CC(CN)CCC(=O)NC(CO)c1ccccc1. The van der Waals surface area contributed by atoms with Gasteiger partial charge in [0, 0.05) is 6.42 Å². The zero-order valence-electron chi connectivity index (χ0n) is 10.8. The lowest BCUT2D eigenvalue weighted by Crippen LogP contribution is -2.31. The molecule has 0 heterocycles. The largest absolute Gasteiger partial charge is 0.394 e. The summed E-state index contributed by atoms with van der Waals surface area (Å²) in [4.78, 5) is 11.7. The second-order valence-corrected chi connectivity index (χ2v) is 4.59. The van der Waals surface area contributed by atoms with E-state index in [0.29, 0.717) is 18.9 Å². The third-order valence-corrected chi connectivity index (χ3v) is 2.99. The van der Waals surface area contributed by atoms with Crippen LogP contribution in [-0.4, -0.2) is 24.2 Å². The molecule has 4 heteroatoms. The van der Waals surface area contributed by atoms with Crippen LogP contribution < -0.4 is 11.1 Å². The zero-order valence-corrected chi connectivity index (χ0v) is 10.8. The zero-order chi connectivity index (χ0) is 13.4. The van der Waals surface area contributed by atoms with Crippen LogP contribution in [0.1, 0.15) is 31.4 Å². The molecule has 0 aliphatic rings. The lowest BCUT2D eigenvalue weighted by Gasteiger charge is -2.17. The summed E-state index contributed by atoms with van der Waals surface area (Å²) in [5, 5.41) is 12.1. The molecule has 100 valence electrons. The van der Waals surface area contributed by atoms with Gasteiger partial charge in [-0.1, -0.05) is 37.3 Å². The molecule has 0 aliphatic carbocycles. The van der Waals surface area contributed by atoms with Crippen molar-refractivity contribution in [1.29, 1.82) is 0 Å². The van der Waals surface area contributed by atoms with Gasteiger partial charge in [-0.3, -0.25) is 4.79 Å². The van der Waals surface area contributed by atoms with Crippen molar-refractivity contribution < 1.29 is 9.90 Å². The Kier molecular flexibility index (Phi) is 6.39. The van der Waals surface area contributed by atoms with E-state index in [0.717, 1.165) is 12.0 Å². The van der Waals surface area contributed by atoms with Gasteiger partial charge in [0.25, 0.3) is 0 Å². The third kappa shape index (κ3) is 4.85. The third-order valence-electron chi connectivity index (χ3n) is 2.99. The topological polar surface area (TPSA) is 75.4 Å². The summed E-state index contributed by atoms with van der Waals surface area (Å²) < 4.78 is 0. The van der Waals surface area contributed by atoms with E-state index in [1.807, 2.05) is 37.3 Å². The molecule has 0 fully saturated rings. The lowest BCUT2D eigenvalue weighted by molar-refractivity contribution is -0.122. The van der Waals surface area contributed by atoms with Crippen LogP contribution in [0.25, 0.3) is 0 Å². The summed E-state index contributed by atoms with van der Waals surface area (Å²) in [6.45, 7) is 2.52. The first kappa shape index (κ1) is 14.7. The Labute approximate surface area is 108 Å². The Hall–Kier alpha value is -1.39. The summed E-state index contributed by atoms with van der Waals surface area (Å²) in [6, 6.07) is 9.14. The summed E-state index contributed by atoms with van der Waals surface area (Å²) in [7, 11) is 0. The number of hydrogen-bond acceptors (Lipinski definition) is 3. The van der Waals surface area contributed by atoms with Gasteiger partial charge in [0.2, 0.25) is 5.91 Å². The number of carbonyl (C=O) groups is 1. The maximum atomic E-state index is 11.7. The second kappa shape index (κ2) is 7.84. The van der Waals surface area contributed by atoms with Crippen LogP contribution in [0.5, 0.6) is 0 Å². The monoisotopic (exact) mass is 250 g/mol. The number of hydrogen-bond donors (Lipinski definition) is 3. The van der Waals surface area contributed by atoms with Gasteiger partial charge < -0.3 is 16.2 Å². The van der Waals surface area contributed by atoms with Crippen molar-refractivity contribution in [1.82, 2.24) is 5.32 Å². The number of nitrogens with two attached hydrogens (primary N) is 1. The van der Waals surface area contributed by atoms with E-state index >= 15 is 0 Å². The highest BCUT2D eigenvalue weighted by atomic mass is 16.3. The first-order valence-corrected chi connectivity index (χ1v) is 6.32. The molecule has 18 heavy (non-hydrogen) atoms. The van der Waals surface area contributed by atoms with Gasteiger partial charge >= 0.3 is 0 Å². The molecule has 2 atom stereocenters. The van der Waals surface area contributed by atoms with Gasteiger partial charge in [-0.25, -0.2) is 0 Å². The molecule has 2 unspecified atom stereocenters. The van der Waals surface area contributed by atoms with Crippen LogP contribution in [-0.2, 0) is 4.79 Å². The van der Waals surface area contributed by atoms with Crippen molar-refractivity contribution in [2.75, 3.05) is 13.2 Å². The summed E-state index contributed by atoms with van der Waals surface area (Å²) in [5.41, 5.74) is 6.42. The number of amides is 1. The molecular weight excluding hydrogens is 228 g/mol. The van der Waals surface area contributed by atoms with E-state index < -0.39 is 0 Å². The van der Waals surface area contributed by atoms with E-state index in [9.17, 15) is 9.90 Å². The van der Waals surface area contributed by atoms with Gasteiger partial charge in [0.1, 0.15) is 0 Å². The smallest absolute Gasteiger partial charge is 0.220 e. The van der Waals surface area contributed by atoms with Gasteiger partial charge in [0.05, 0.1) is 12.6 Å². The number of carbonyl (C=O) groups excluding carboxylic acids is 1. The van der Waals surface area contributed by atoms with E-state index in [1.54, 1.807) is 0 Å². The fraction of sp³-hybridized carbons (Fsp3) is 0.500. The quantitative estimate of drug-likeness (QED) is 0.681. The van der Waals surface area contributed by atoms with Crippen molar-refractivity contribution >= 4 is 5.91 Å². The molecule has 0 saturated heterocycles. The first-order chi connectivity index (χ1) is 8.67. The van der Waals surface area contributed by atoms with Crippen LogP contribution in [0.15, 0.2) is 30.3 Å². The summed E-state index contributed by atoms with van der Waals surface area (Å²) >= 11 is 0. The van der Waals surface area contributed by atoms with Crippen LogP contribution in [0.2, 0.25) is 0 Å². The van der Waals surface area contributed by atoms with Gasteiger partial charge in [-0.2, -0.15) is 0 Å². The molecule has 0 radical (unpaired) electrons. The highest BCUT2D eigenvalue weighted by molar-refractivity contribution is 5.76. The van der Waals surface area contributed by atoms with Crippen LogP contribution in [0.3, 0.4) is 0 Å². The fourth-order valence-corrected chi connectivity index (χ4v) is 1.68. The molecule has 1 rings (SSSR count). The number of aliphatic hydroxyl groups is 1. The van der Waals surface area contributed by atoms with Crippen LogP contribution in [0, 0.1) is 5.92 Å². The number of benzene rings is 1. The molecule has 1 aromatic carbocycles. The van der Waals surface area contributed by atoms with Crippen molar-refractivity contribution in [3.63, 3.8) is 0 Å². The Balaban J connectivity index is 2.46. The molecule has 1 amide bonds. The number of nitrogens with one attached hydrogen (secondary N) is 1. The average Bonchev–Trinajstić information content (AvgIpc) is 2.43. The molecule has 0 aliphatic heterocycles. The summed E-state index contributed by atoms with van der Waals surface area (Å²) in [5.74, 6) is 0.304. The normalized spacial score (nSPS) is 13.9. The van der Waals surface area contributed by atoms with Crippen LogP contribution in [0.4, 0.5) is 0 Å². The Bertz CT molecular complexity index is 354. The van der Waals surface area contributed by atoms with Gasteiger partial charge in [-0.15, -0.1) is 0 Å². The molecule has 1 aromatic rings. The Morgan fingerprint density at radius 1 is 1.39 bits per heavy atom. The highest BCUT2D eigenvalue weighted by Gasteiger charge is 2.13. The van der Waals surface area contributed by atoms with Crippen molar-refractivity contribution in [3.05, 3.63) is 35.9 Å². The van der Waals surface area contributed by atoms with Crippen molar-refractivity contribution in [2.45, 2.75) is 25.8 Å². The summed E-state index contributed by atoms with van der Waals surface area (Å²) in [6.07, 6.45) is 1.22. The van der Waals surface area contributed by atoms with E-state index in [4.69, 9.17) is 5.73 Å². The maximum Gasteiger partial charge on any atom is 0.220 e. The number of aliphatic hydroxyl groups excluding tert-OH is 1.